The van der Waals surface area contributed by atoms with E-state index in [-0.39, 0.29) is 11.5 Å². The van der Waals surface area contributed by atoms with Crippen LogP contribution in [0.5, 0.6) is 5.75 Å². The Morgan fingerprint density at radius 1 is 1.30 bits per heavy atom. The standard InChI is InChI=1S/C20H21FN2O3S/c1-14(18-7-8-19(21)20(10-18)26-12-15-5-6-15)23-27(24,25)13-17-4-2-3-16(9-17)11-22/h2-4,7-10,14-15,23H,5-6,12-13H2,1H3/t14-/m1/s1. The van der Waals surface area contributed by atoms with Crippen molar-refractivity contribution in [3.8, 4) is 11.8 Å². The molecule has 2 aromatic rings. The summed E-state index contributed by atoms with van der Waals surface area (Å²) in [7, 11) is -3.64. The number of nitrogens with one attached hydrogen (secondary N) is 1. The van der Waals surface area contributed by atoms with E-state index in [4.69, 9.17) is 10.00 Å². The smallest absolute Gasteiger partial charge is 0.216 e. The van der Waals surface area contributed by atoms with E-state index < -0.39 is 21.9 Å². The molecule has 1 saturated carbocycles. The Balaban J connectivity index is 1.68. The lowest BCUT2D eigenvalue weighted by Gasteiger charge is -2.16. The molecular formula is C20H21FN2O3S. The molecule has 0 unspecified atom stereocenters. The van der Waals surface area contributed by atoms with Crippen LogP contribution in [0.1, 0.15) is 42.5 Å². The van der Waals surface area contributed by atoms with Gasteiger partial charge in [0, 0.05) is 6.04 Å². The second-order valence-electron chi connectivity index (χ2n) is 6.86. The van der Waals surface area contributed by atoms with Crippen molar-refractivity contribution in [3.05, 3.63) is 65.0 Å². The Kier molecular flexibility index (Phi) is 5.78. The second-order valence-corrected chi connectivity index (χ2v) is 8.61. The van der Waals surface area contributed by atoms with Crippen molar-refractivity contribution in [1.29, 1.82) is 5.26 Å². The largest absolute Gasteiger partial charge is 0.490 e. The van der Waals surface area contributed by atoms with Crippen molar-refractivity contribution >= 4 is 10.0 Å². The summed E-state index contributed by atoms with van der Waals surface area (Å²) in [6.07, 6.45) is 2.20. The molecule has 1 fully saturated rings. The maximum Gasteiger partial charge on any atom is 0.216 e. The van der Waals surface area contributed by atoms with Gasteiger partial charge in [-0.3, -0.25) is 0 Å². The highest BCUT2D eigenvalue weighted by atomic mass is 32.2. The third-order valence-electron chi connectivity index (χ3n) is 4.40. The molecule has 5 nitrogen and oxygen atoms in total. The molecule has 1 aliphatic carbocycles. The first kappa shape index (κ1) is 19.3. The predicted octanol–water partition coefficient (Wildman–Crippen LogP) is 3.67. The summed E-state index contributed by atoms with van der Waals surface area (Å²) in [6, 6.07) is 12.3. The molecule has 0 spiro atoms. The van der Waals surface area contributed by atoms with Crippen LogP contribution in [0.2, 0.25) is 0 Å². The molecule has 1 N–H and O–H groups in total. The van der Waals surface area contributed by atoms with Crippen molar-refractivity contribution in [2.45, 2.75) is 31.6 Å². The summed E-state index contributed by atoms with van der Waals surface area (Å²) in [5, 5.41) is 8.93. The minimum absolute atomic E-state index is 0.146. The summed E-state index contributed by atoms with van der Waals surface area (Å²) in [6.45, 7) is 2.18. The first-order valence-electron chi connectivity index (χ1n) is 8.77. The van der Waals surface area contributed by atoms with Gasteiger partial charge in [-0.05, 0) is 61.1 Å². The van der Waals surface area contributed by atoms with Gasteiger partial charge in [-0.25, -0.2) is 17.5 Å². The van der Waals surface area contributed by atoms with Crippen LogP contribution in [0.4, 0.5) is 4.39 Å². The molecule has 1 atom stereocenters. The lowest BCUT2D eigenvalue weighted by Crippen LogP contribution is -2.28. The van der Waals surface area contributed by atoms with Crippen LogP contribution in [-0.2, 0) is 15.8 Å². The van der Waals surface area contributed by atoms with E-state index in [1.165, 1.54) is 6.07 Å². The quantitative estimate of drug-likeness (QED) is 0.748. The first-order chi connectivity index (χ1) is 12.9. The normalized spacial score (nSPS) is 15.1. The van der Waals surface area contributed by atoms with E-state index in [2.05, 4.69) is 4.72 Å². The van der Waals surface area contributed by atoms with Crippen LogP contribution in [0.3, 0.4) is 0 Å². The van der Waals surface area contributed by atoms with E-state index >= 15 is 0 Å². The molecule has 142 valence electrons. The summed E-state index contributed by atoms with van der Waals surface area (Å²) in [4.78, 5) is 0. The minimum Gasteiger partial charge on any atom is -0.490 e. The van der Waals surface area contributed by atoms with Crippen LogP contribution < -0.4 is 9.46 Å². The van der Waals surface area contributed by atoms with Gasteiger partial charge >= 0.3 is 0 Å². The van der Waals surface area contributed by atoms with E-state index in [9.17, 15) is 12.8 Å². The molecule has 2 aromatic carbocycles. The molecule has 3 rings (SSSR count). The van der Waals surface area contributed by atoms with Crippen LogP contribution in [0.15, 0.2) is 42.5 Å². The average Bonchev–Trinajstić information content (AvgIpc) is 3.44. The van der Waals surface area contributed by atoms with Gasteiger partial charge in [0.2, 0.25) is 10.0 Å². The lowest BCUT2D eigenvalue weighted by atomic mass is 10.1. The maximum atomic E-state index is 13.9. The zero-order valence-corrected chi connectivity index (χ0v) is 15.8. The number of halogens is 1. The van der Waals surface area contributed by atoms with Crippen molar-refractivity contribution < 1.29 is 17.5 Å². The van der Waals surface area contributed by atoms with Crippen LogP contribution >= 0.6 is 0 Å². The summed E-state index contributed by atoms with van der Waals surface area (Å²) < 4.78 is 46.9. The number of hydrogen-bond donors (Lipinski definition) is 1. The minimum atomic E-state index is -3.64. The number of rotatable bonds is 8. The van der Waals surface area contributed by atoms with Crippen LogP contribution in [0.25, 0.3) is 0 Å². The molecule has 0 aliphatic heterocycles. The molecule has 0 saturated heterocycles. The Hall–Kier alpha value is -2.43. The molecule has 27 heavy (non-hydrogen) atoms. The number of ether oxygens (including phenoxy) is 1. The lowest BCUT2D eigenvalue weighted by molar-refractivity contribution is 0.285. The van der Waals surface area contributed by atoms with Crippen molar-refractivity contribution in [3.63, 3.8) is 0 Å². The molecule has 0 amide bonds. The van der Waals surface area contributed by atoms with E-state index in [0.29, 0.717) is 29.2 Å². The van der Waals surface area contributed by atoms with Crippen molar-refractivity contribution in [1.82, 2.24) is 4.72 Å². The molecule has 0 radical (unpaired) electrons. The predicted molar refractivity (Wildman–Crippen MR) is 100.0 cm³/mol. The molecule has 0 aromatic heterocycles. The zero-order valence-electron chi connectivity index (χ0n) is 15.0. The van der Waals surface area contributed by atoms with Gasteiger partial charge < -0.3 is 4.74 Å². The highest BCUT2D eigenvalue weighted by Crippen LogP contribution is 2.31. The number of sulfonamides is 1. The summed E-state index contributed by atoms with van der Waals surface area (Å²) >= 11 is 0. The summed E-state index contributed by atoms with van der Waals surface area (Å²) in [5.74, 6) is -0.0536. The Morgan fingerprint density at radius 2 is 2.07 bits per heavy atom. The molecule has 0 bridgehead atoms. The second kappa shape index (κ2) is 8.07. The number of nitrogens with zero attached hydrogens (tertiary/aromatic N) is 1. The van der Waals surface area contributed by atoms with Crippen LogP contribution in [0, 0.1) is 23.1 Å². The van der Waals surface area contributed by atoms with Gasteiger partial charge in [0.05, 0.1) is 24.0 Å². The summed E-state index contributed by atoms with van der Waals surface area (Å²) in [5.41, 5.74) is 1.56. The fourth-order valence-electron chi connectivity index (χ4n) is 2.72. The highest BCUT2D eigenvalue weighted by molar-refractivity contribution is 7.88. The monoisotopic (exact) mass is 388 g/mol. The van der Waals surface area contributed by atoms with E-state index in [0.717, 1.165) is 12.8 Å². The average molecular weight is 388 g/mol. The molecule has 0 heterocycles. The van der Waals surface area contributed by atoms with Gasteiger partial charge in [-0.15, -0.1) is 0 Å². The molecule has 1 aliphatic rings. The van der Waals surface area contributed by atoms with Crippen LogP contribution in [-0.4, -0.2) is 15.0 Å². The van der Waals surface area contributed by atoms with Gasteiger partial charge in [-0.1, -0.05) is 18.2 Å². The molecular weight excluding hydrogens is 367 g/mol. The Morgan fingerprint density at radius 3 is 2.78 bits per heavy atom. The SMILES string of the molecule is C[C@@H](NS(=O)(=O)Cc1cccc(C#N)c1)c1ccc(F)c(OCC2CC2)c1. The van der Waals surface area contributed by atoms with Gasteiger partial charge in [-0.2, -0.15) is 5.26 Å². The van der Waals surface area contributed by atoms with Gasteiger partial charge in [0.25, 0.3) is 0 Å². The van der Waals surface area contributed by atoms with Crippen molar-refractivity contribution in [2.24, 2.45) is 5.92 Å². The number of nitriles is 1. The first-order valence-corrected chi connectivity index (χ1v) is 10.4. The topological polar surface area (TPSA) is 79.2 Å². The van der Waals surface area contributed by atoms with E-state index in [1.54, 1.807) is 43.3 Å². The fourth-order valence-corrected chi connectivity index (χ4v) is 4.10. The molecule has 7 heteroatoms. The third kappa shape index (κ3) is 5.52. The van der Waals surface area contributed by atoms with Gasteiger partial charge in [0.15, 0.2) is 11.6 Å². The zero-order chi connectivity index (χ0) is 19.4. The Labute approximate surface area is 158 Å². The van der Waals surface area contributed by atoms with E-state index in [1.807, 2.05) is 6.07 Å². The maximum absolute atomic E-state index is 13.9. The highest BCUT2D eigenvalue weighted by Gasteiger charge is 2.23. The third-order valence-corrected chi connectivity index (χ3v) is 5.82. The van der Waals surface area contributed by atoms with Crippen molar-refractivity contribution in [2.75, 3.05) is 6.61 Å². The number of hydrogen-bond acceptors (Lipinski definition) is 4. The number of benzene rings is 2. The van der Waals surface area contributed by atoms with Gasteiger partial charge in [0.1, 0.15) is 0 Å². The fraction of sp³-hybridized carbons (Fsp3) is 0.350. The Bertz CT molecular complexity index is 965.